The molecule has 0 radical (unpaired) electrons. The summed E-state index contributed by atoms with van der Waals surface area (Å²) in [5, 5.41) is 0. The van der Waals surface area contributed by atoms with E-state index in [4.69, 9.17) is 9.47 Å². The first-order valence-corrected chi connectivity index (χ1v) is 14.5. The molecule has 0 saturated carbocycles. The number of nitrogens with zero attached hydrogens (tertiary/aromatic N) is 3. The molecule has 3 heterocycles. The Labute approximate surface area is 244 Å². The van der Waals surface area contributed by atoms with Gasteiger partial charge in [0.05, 0.1) is 40.0 Å². The topological polar surface area (TPSA) is 74.8 Å². The minimum absolute atomic E-state index is 0.213. The van der Waals surface area contributed by atoms with E-state index in [1.165, 1.54) is 16.9 Å². The maximum absolute atomic E-state index is 14.0. The van der Waals surface area contributed by atoms with Crippen LogP contribution >= 0.6 is 27.3 Å². The molecule has 0 amide bonds. The molecule has 0 spiro atoms. The first-order valence-electron chi connectivity index (χ1n) is 12.9. The number of hydrogen-bond donors (Lipinski definition) is 0. The van der Waals surface area contributed by atoms with E-state index in [9.17, 15) is 9.59 Å². The average Bonchev–Trinajstić information content (AvgIpc) is 3.37. The Morgan fingerprint density at radius 3 is 2.48 bits per heavy atom. The van der Waals surface area contributed by atoms with Crippen LogP contribution in [0.1, 0.15) is 48.0 Å². The molecule has 0 fully saturated rings. The van der Waals surface area contributed by atoms with E-state index in [1.807, 2.05) is 24.3 Å². The van der Waals surface area contributed by atoms with E-state index in [1.54, 1.807) is 25.5 Å². The summed E-state index contributed by atoms with van der Waals surface area (Å²) in [6, 6.07) is 15.3. The van der Waals surface area contributed by atoms with Gasteiger partial charge in [-0.25, -0.2) is 9.79 Å². The van der Waals surface area contributed by atoms with Gasteiger partial charge in [-0.05, 0) is 98.1 Å². The molecule has 206 valence electrons. The van der Waals surface area contributed by atoms with Crippen LogP contribution in [0, 0.1) is 20.8 Å². The summed E-state index contributed by atoms with van der Waals surface area (Å²) in [5.41, 5.74) is 6.73. The van der Waals surface area contributed by atoms with Gasteiger partial charge in [0.15, 0.2) is 4.80 Å². The second-order valence-electron chi connectivity index (χ2n) is 9.69. The third-order valence-corrected chi connectivity index (χ3v) is 8.66. The summed E-state index contributed by atoms with van der Waals surface area (Å²) in [4.78, 5) is 32.4. The van der Waals surface area contributed by atoms with Crippen LogP contribution in [0.15, 0.2) is 74.1 Å². The van der Waals surface area contributed by atoms with Crippen molar-refractivity contribution in [3.8, 4) is 11.4 Å². The van der Waals surface area contributed by atoms with Gasteiger partial charge in [-0.2, -0.15) is 0 Å². The van der Waals surface area contributed by atoms with E-state index in [-0.39, 0.29) is 12.2 Å². The average molecular weight is 621 g/mol. The van der Waals surface area contributed by atoms with Crippen LogP contribution in [-0.2, 0) is 9.53 Å². The summed E-state index contributed by atoms with van der Waals surface area (Å²) in [6.45, 7) is 9.94. The van der Waals surface area contributed by atoms with E-state index in [0.717, 1.165) is 32.7 Å². The number of carbonyl (C=O) groups excluding carboxylic acids is 1. The SMILES string of the molecule is CCOC(=O)C1=C(C)N=c2s/c(=C/c3cc(C)n(-c4ccc(C)cc4)c3C)c(=O)n2[C@H]1c1ccc(OC)c(Br)c1. The zero-order valence-corrected chi connectivity index (χ0v) is 25.6. The standard InChI is InChI=1S/C31H30BrN3O4S/c1-7-39-30(37)27-19(4)33-31-35(28(27)21-10-13-25(38-6)24(32)15-21)29(36)26(40-31)16-22-14-18(3)34(20(22)5)23-11-8-17(2)9-12-23/h8-16,28H,7H2,1-6H3/b26-16+/t28-/m0/s1. The van der Waals surface area contributed by atoms with Crippen LogP contribution < -0.4 is 19.6 Å². The number of rotatable bonds is 6. The Bertz CT molecular complexity index is 1840. The second-order valence-corrected chi connectivity index (χ2v) is 11.6. The third kappa shape index (κ3) is 4.88. The maximum Gasteiger partial charge on any atom is 0.338 e. The van der Waals surface area contributed by atoms with Gasteiger partial charge in [-0.3, -0.25) is 9.36 Å². The highest BCUT2D eigenvalue weighted by Gasteiger charge is 2.33. The fourth-order valence-electron chi connectivity index (χ4n) is 5.13. The van der Waals surface area contributed by atoms with Crippen molar-refractivity contribution >= 4 is 39.3 Å². The van der Waals surface area contributed by atoms with Gasteiger partial charge in [0.1, 0.15) is 5.75 Å². The normalized spacial score (nSPS) is 15.2. The maximum atomic E-state index is 14.0. The highest BCUT2D eigenvalue weighted by atomic mass is 79.9. The predicted molar refractivity (Wildman–Crippen MR) is 161 cm³/mol. The predicted octanol–water partition coefficient (Wildman–Crippen LogP) is 5.29. The molecule has 0 bridgehead atoms. The van der Waals surface area contributed by atoms with Crippen LogP contribution in [0.2, 0.25) is 0 Å². The summed E-state index contributed by atoms with van der Waals surface area (Å²) < 4.78 is 15.8. The first-order chi connectivity index (χ1) is 19.1. The second kappa shape index (κ2) is 11.1. The molecule has 1 atom stereocenters. The zero-order chi connectivity index (χ0) is 28.7. The number of ether oxygens (including phenoxy) is 2. The molecule has 0 saturated heterocycles. The largest absolute Gasteiger partial charge is 0.496 e. The molecule has 1 aliphatic heterocycles. The minimum Gasteiger partial charge on any atom is -0.496 e. The lowest BCUT2D eigenvalue weighted by Gasteiger charge is -2.25. The zero-order valence-electron chi connectivity index (χ0n) is 23.2. The van der Waals surface area contributed by atoms with E-state index in [2.05, 4.69) is 76.6 Å². The number of aryl methyl sites for hydroxylation is 2. The Morgan fingerprint density at radius 2 is 1.82 bits per heavy atom. The van der Waals surface area contributed by atoms with Crippen molar-refractivity contribution in [2.45, 2.75) is 40.7 Å². The fourth-order valence-corrected chi connectivity index (χ4v) is 6.72. The molecule has 2 aromatic carbocycles. The number of allylic oxidation sites excluding steroid dienone is 1. The number of methoxy groups -OCH3 is 1. The van der Waals surface area contributed by atoms with Crippen molar-refractivity contribution < 1.29 is 14.3 Å². The Balaban J connectivity index is 1.70. The number of halogens is 1. The molecule has 4 aromatic rings. The van der Waals surface area contributed by atoms with Crippen LogP contribution in [-0.4, -0.2) is 28.8 Å². The van der Waals surface area contributed by atoms with E-state index < -0.39 is 12.0 Å². The molecule has 1 aliphatic rings. The fraction of sp³-hybridized carbons (Fsp3) is 0.258. The monoisotopic (exact) mass is 619 g/mol. The molecule has 5 rings (SSSR count). The molecular formula is C31H30BrN3O4S. The van der Waals surface area contributed by atoms with Gasteiger partial charge in [0, 0.05) is 17.1 Å². The molecule has 0 N–H and O–H groups in total. The number of aromatic nitrogens is 2. The van der Waals surface area contributed by atoms with E-state index in [0.29, 0.717) is 26.4 Å². The van der Waals surface area contributed by atoms with Crippen molar-refractivity contribution in [2.75, 3.05) is 13.7 Å². The smallest absolute Gasteiger partial charge is 0.338 e. The van der Waals surface area contributed by atoms with Gasteiger partial charge in [-0.1, -0.05) is 35.1 Å². The van der Waals surface area contributed by atoms with Gasteiger partial charge in [0.25, 0.3) is 5.56 Å². The van der Waals surface area contributed by atoms with Gasteiger partial charge in [-0.15, -0.1) is 0 Å². The quantitative estimate of drug-likeness (QED) is 0.275. The van der Waals surface area contributed by atoms with Crippen molar-refractivity contribution in [3.05, 3.63) is 112 Å². The summed E-state index contributed by atoms with van der Waals surface area (Å²) in [5.74, 6) is 0.162. The molecule has 0 aliphatic carbocycles. The summed E-state index contributed by atoms with van der Waals surface area (Å²) >= 11 is 4.87. The lowest BCUT2D eigenvalue weighted by Crippen LogP contribution is -2.40. The molecule has 0 unspecified atom stereocenters. The summed E-state index contributed by atoms with van der Waals surface area (Å²) in [7, 11) is 1.59. The lowest BCUT2D eigenvalue weighted by atomic mass is 9.96. The Morgan fingerprint density at radius 1 is 1.10 bits per heavy atom. The third-order valence-electron chi connectivity index (χ3n) is 7.06. The summed E-state index contributed by atoms with van der Waals surface area (Å²) in [6.07, 6.45) is 1.92. The molecule has 40 heavy (non-hydrogen) atoms. The van der Waals surface area contributed by atoms with Gasteiger partial charge in [0.2, 0.25) is 0 Å². The van der Waals surface area contributed by atoms with Crippen molar-refractivity contribution in [1.82, 2.24) is 9.13 Å². The number of thiazole rings is 1. The van der Waals surface area contributed by atoms with Gasteiger partial charge >= 0.3 is 5.97 Å². The van der Waals surface area contributed by atoms with Gasteiger partial charge < -0.3 is 14.0 Å². The number of fused-ring (bicyclic) bond motifs is 1. The van der Waals surface area contributed by atoms with Crippen LogP contribution in [0.4, 0.5) is 0 Å². The van der Waals surface area contributed by atoms with Crippen molar-refractivity contribution in [3.63, 3.8) is 0 Å². The van der Waals surface area contributed by atoms with Crippen molar-refractivity contribution in [2.24, 2.45) is 4.99 Å². The molecule has 9 heteroatoms. The number of benzene rings is 2. The highest BCUT2D eigenvalue weighted by Crippen LogP contribution is 2.35. The number of carbonyl (C=O) groups is 1. The molecule has 7 nitrogen and oxygen atoms in total. The Hall–Kier alpha value is -3.69. The first kappa shape index (κ1) is 27.9. The Kier molecular flexibility index (Phi) is 7.70. The lowest BCUT2D eigenvalue weighted by molar-refractivity contribution is -0.139. The number of hydrogen-bond acceptors (Lipinski definition) is 6. The molecule has 2 aromatic heterocycles. The van der Waals surface area contributed by atoms with Crippen LogP contribution in [0.5, 0.6) is 5.75 Å². The minimum atomic E-state index is -0.695. The van der Waals surface area contributed by atoms with Crippen molar-refractivity contribution in [1.29, 1.82) is 0 Å². The van der Waals surface area contributed by atoms with Crippen LogP contribution in [0.3, 0.4) is 0 Å². The highest BCUT2D eigenvalue weighted by molar-refractivity contribution is 9.10. The molecular weight excluding hydrogens is 590 g/mol. The van der Waals surface area contributed by atoms with Crippen LogP contribution in [0.25, 0.3) is 11.8 Å². The van der Waals surface area contributed by atoms with E-state index >= 15 is 0 Å². The number of esters is 1.